The summed E-state index contributed by atoms with van der Waals surface area (Å²) >= 11 is 0. The van der Waals surface area contributed by atoms with E-state index < -0.39 is 16.7 Å². The Morgan fingerprint density at radius 1 is 0.897 bits per heavy atom. The first-order valence-electron chi connectivity index (χ1n) is 13.1. The Kier molecular flexibility index (Phi) is 4.95. The SMILES string of the molecule is Cc1cc2c(cnn2-c2ccc(F)cc2)cc1C12C(=O)N(Cc3ccccc3)C(=O)C1C2(C)c1ccccc1. The third-order valence-electron chi connectivity index (χ3n) is 8.81. The Morgan fingerprint density at radius 3 is 2.26 bits per heavy atom. The van der Waals surface area contributed by atoms with Gasteiger partial charge in [-0.3, -0.25) is 14.5 Å². The second kappa shape index (κ2) is 8.21. The molecule has 1 saturated carbocycles. The molecule has 5 aromatic rings. The summed E-state index contributed by atoms with van der Waals surface area (Å²) < 4.78 is 15.3. The quantitative estimate of drug-likeness (QED) is 0.275. The lowest BCUT2D eigenvalue weighted by Crippen LogP contribution is -2.42. The molecule has 0 radical (unpaired) electrons. The van der Waals surface area contributed by atoms with Gasteiger partial charge in [0.15, 0.2) is 0 Å². The number of carbonyl (C=O) groups is 2. The highest BCUT2D eigenvalue weighted by Gasteiger charge is 2.87. The fraction of sp³-hybridized carbons (Fsp3) is 0.182. The number of imide groups is 1. The molecule has 4 aromatic carbocycles. The molecule has 7 rings (SSSR count). The first-order chi connectivity index (χ1) is 18.9. The average Bonchev–Trinajstić information content (AvgIpc) is 3.17. The maximum absolute atomic E-state index is 14.5. The van der Waals surface area contributed by atoms with Crippen molar-refractivity contribution in [3.63, 3.8) is 0 Å². The van der Waals surface area contributed by atoms with E-state index in [2.05, 4.69) is 5.10 Å². The predicted octanol–water partition coefficient (Wildman–Crippen LogP) is 5.87. The molecule has 1 saturated heterocycles. The highest BCUT2D eigenvalue weighted by atomic mass is 19.1. The van der Waals surface area contributed by atoms with E-state index in [1.54, 1.807) is 23.0 Å². The molecule has 2 heterocycles. The Balaban J connectivity index is 1.39. The number of rotatable bonds is 5. The van der Waals surface area contributed by atoms with Gasteiger partial charge in [-0.05, 0) is 65.6 Å². The van der Waals surface area contributed by atoms with Gasteiger partial charge in [0.1, 0.15) is 5.82 Å². The fourth-order valence-corrected chi connectivity index (χ4v) is 6.90. The lowest BCUT2D eigenvalue weighted by Gasteiger charge is -2.29. The summed E-state index contributed by atoms with van der Waals surface area (Å²) in [7, 11) is 0. The molecule has 1 aliphatic carbocycles. The zero-order valence-electron chi connectivity index (χ0n) is 21.6. The largest absolute Gasteiger partial charge is 0.277 e. The smallest absolute Gasteiger partial charge is 0.241 e. The predicted molar refractivity (Wildman–Crippen MR) is 147 cm³/mol. The molecule has 0 bridgehead atoms. The minimum Gasteiger partial charge on any atom is -0.277 e. The van der Waals surface area contributed by atoms with Crippen LogP contribution in [0.2, 0.25) is 0 Å². The molecule has 1 aliphatic heterocycles. The molecular formula is C33H26FN3O2. The van der Waals surface area contributed by atoms with Crippen LogP contribution < -0.4 is 0 Å². The van der Waals surface area contributed by atoms with Crippen LogP contribution in [0.5, 0.6) is 0 Å². The van der Waals surface area contributed by atoms with Crippen LogP contribution in [0.15, 0.2) is 103 Å². The van der Waals surface area contributed by atoms with Crippen molar-refractivity contribution in [2.75, 3.05) is 0 Å². The average molecular weight is 516 g/mol. The van der Waals surface area contributed by atoms with E-state index in [1.165, 1.54) is 17.0 Å². The lowest BCUT2D eigenvalue weighted by atomic mass is 9.79. The zero-order chi connectivity index (χ0) is 26.9. The van der Waals surface area contributed by atoms with Crippen molar-refractivity contribution in [1.29, 1.82) is 0 Å². The summed E-state index contributed by atoms with van der Waals surface area (Å²) in [5.74, 6) is -1.08. The number of hydrogen-bond donors (Lipinski definition) is 0. The fourth-order valence-electron chi connectivity index (χ4n) is 6.90. The molecule has 2 fully saturated rings. The van der Waals surface area contributed by atoms with Crippen LogP contribution in [0.4, 0.5) is 4.39 Å². The number of aryl methyl sites for hydroxylation is 1. The van der Waals surface area contributed by atoms with E-state index in [0.717, 1.165) is 38.8 Å². The highest BCUT2D eigenvalue weighted by molar-refractivity contribution is 6.18. The Morgan fingerprint density at radius 2 is 1.56 bits per heavy atom. The van der Waals surface area contributed by atoms with Gasteiger partial charge in [-0.15, -0.1) is 0 Å². The number of likely N-dealkylation sites (tertiary alicyclic amines) is 1. The standard InChI is InChI=1S/C33H26FN3O2/c1-21-17-28-23(19-35-37(28)26-15-13-25(34)14-16-26)18-27(21)33-29(32(33,2)24-11-7-4-8-12-24)30(38)36(31(33)39)20-22-9-5-3-6-10-22/h3-19,29H,20H2,1-2H3. The van der Waals surface area contributed by atoms with E-state index in [1.807, 2.05) is 86.6 Å². The van der Waals surface area contributed by atoms with E-state index in [4.69, 9.17) is 0 Å². The van der Waals surface area contributed by atoms with Gasteiger partial charge in [-0.2, -0.15) is 5.10 Å². The molecule has 1 aromatic heterocycles. The van der Waals surface area contributed by atoms with E-state index in [-0.39, 0.29) is 24.2 Å². The number of hydrogen-bond acceptors (Lipinski definition) is 3. The summed E-state index contributed by atoms with van der Waals surface area (Å²) in [5, 5.41) is 5.43. The minimum absolute atomic E-state index is 0.128. The third kappa shape index (κ3) is 3.08. The van der Waals surface area contributed by atoms with E-state index >= 15 is 0 Å². The maximum atomic E-state index is 14.5. The molecule has 5 nitrogen and oxygen atoms in total. The number of aromatic nitrogens is 2. The van der Waals surface area contributed by atoms with Gasteiger partial charge in [0.2, 0.25) is 11.8 Å². The molecule has 0 N–H and O–H groups in total. The number of carbonyl (C=O) groups excluding carboxylic acids is 2. The Hall–Kier alpha value is -4.58. The molecule has 6 heteroatoms. The van der Waals surface area contributed by atoms with Crippen LogP contribution >= 0.6 is 0 Å². The maximum Gasteiger partial charge on any atom is 0.241 e. The molecule has 2 amide bonds. The summed E-state index contributed by atoms with van der Waals surface area (Å²) in [6.07, 6.45) is 1.76. The van der Waals surface area contributed by atoms with Gasteiger partial charge in [0, 0.05) is 10.8 Å². The second-order valence-electron chi connectivity index (χ2n) is 10.8. The molecule has 192 valence electrons. The summed E-state index contributed by atoms with van der Waals surface area (Å²) in [4.78, 5) is 29.9. The van der Waals surface area contributed by atoms with Crippen LogP contribution in [-0.4, -0.2) is 26.5 Å². The third-order valence-corrected chi connectivity index (χ3v) is 8.81. The van der Waals surface area contributed by atoms with E-state index in [0.29, 0.717) is 0 Å². The lowest BCUT2D eigenvalue weighted by molar-refractivity contribution is -0.143. The summed E-state index contributed by atoms with van der Waals surface area (Å²) in [6, 6.07) is 29.8. The van der Waals surface area contributed by atoms with Gasteiger partial charge >= 0.3 is 0 Å². The van der Waals surface area contributed by atoms with Gasteiger partial charge in [-0.1, -0.05) is 67.6 Å². The monoisotopic (exact) mass is 515 g/mol. The van der Waals surface area contributed by atoms with Crippen LogP contribution in [0, 0.1) is 18.7 Å². The minimum atomic E-state index is -1.00. The molecule has 39 heavy (non-hydrogen) atoms. The molecule has 3 atom stereocenters. The van der Waals surface area contributed by atoms with E-state index in [9.17, 15) is 14.0 Å². The summed E-state index contributed by atoms with van der Waals surface area (Å²) in [6.45, 7) is 4.30. The van der Waals surface area contributed by atoms with Crippen LogP contribution in [0.3, 0.4) is 0 Å². The number of halogens is 1. The zero-order valence-corrected chi connectivity index (χ0v) is 21.6. The van der Waals surface area contributed by atoms with Crippen molar-refractivity contribution in [2.45, 2.75) is 31.2 Å². The van der Waals surface area contributed by atoms with Gasteiger partial charge < -0.3 is 0 Å². The van der Waals surface area contributed by atoms with Crippen molar-refractivity contribution in [3.05, 3.63) is 131 Å². The second-order valence-corrected chi connectivity index (χ2v) is 10.8. The van der Waals surface area contributed by atoms with Gasteiger partial charge in [0.05, 0.1) is 35.3 Å². The molecule has 0 spiro atoms. The molecular weight excluding hydrogens is 489 g/mol. The van der Waals surface area contributed by atoms with Crippen molar-refractivity contribution in [2.24, 2.45) is 5.92 Å². The van der Waals surface area contributed by atoms with Crippen LogP contribution in [-0.2, 0) is 27.0 Å². The first kappa shape index (κ1) is 23.5. The number of fused-ring (bicyclic) bond motifs is 2. The number of benzene rings is 4. The van der Waals surface area contributed by atoms with Crippen molar-refractivity contribution in [3.8, 4) is 5.69 Å². The molecule has 3 unspecified atom stereocenters. The Labute approximate surface area is 225 Å². The van der Waals surface area contributed by atoms with Crippen LogP contribution in [0.1, 0.15) is 29.2 Å². The molecule has 2 aliphatic rings. The van der Waals surface area contributed by atoms with Gasteiger partial charge in [0.25, 0.3) is 0 Å². The number of piperidine rings is 1. The number of nitrogens with zero attached hydrogens (tertiary/aromatic N) is 3. The number of amides is 2. The summed E-state index contributed by atoms with van der Waals surface area (Å²) in [5.41, 5.74) is 3.62. The topological polar surface area (TPSA) is 55.2 Å². The Bertz CT molecular complexity index is 1760. The van der Waals surface area contributed by atoms with Crippen molar-refractivity contribution >= 4 is 22.7 Å². The first-order valence-corrected chi connectivity index (χ1v) is 13.1. The highest BCUT2D eigenvalue weighted by Crippen LogP contribution is 2.74. The van der Waals surface area contributed by atoms with Crippen molar-refractivity contribution in [1.82, 2.24) is 14.7 Å². The van der Waals surface area contributed by atoms with Crippen molar-refractivity contribution < 1.29 is 14.0 Å². The van der Waals surface area contributed by atoms with Crippen LogP contribution in [0.25, 0.3) is 16.6 Å². The van der Waals surface area contributed by atoms with Gasteiger partial charge in [-0.25, -0.2) is 9.07 Å². The normalized spacial score (nSPS) is 23.9.